The van der Waals surface area contributed by atoms with Gasteiger partial charge in [-0.05, 0) is 12.1 Å². The minimum absolute atomic E-state index is 0.0282. The minimum atomic E-state index is -0.617. The van der Waals surface area contributed by atoms with Crippen LogP contribution in [0.25, 0.3) is 0 Å². The molecule has 0 radical (unpaired) electrons. The maximum Gasteiger partial charge on any atom is 0.239 e. The topological polar surface area (TPSA) is 94.3 Å². The second-order valence-corrected chi connectivity index (χ2v) is 3.73. The number of hydrazine groups is 1. The number of halogens is 1. The number of nitrogens with zero attached hydrogens (tertiary/aromatic N) is 2. The maximum atomic E-state index is 13.7. The highest BCUT2D eigenvalue weighted by atomic mass is 19.1. The number of nitrogens with one attached hydrogen (secondary N) is 2. The Bertz CT molecular complexity index is 608. The number of nitrogens with two attached hydrogens (primary N) is 1. The number of anilines is 3. The molecule has 0 fully saturated rings. The fourth-order valence-electron chi connectivity index (χ4n) is 1.56. The van der Waals surface area contributed by atoms with E-state index in [2.05, 4.69) is 20.7 Å². The van der Waals surface area contributed by atoms with Gasteiger partial charge in [0.2, 0.25) is 5.95 Å². The summed E-state index contributed by atoms with van der Waals surface area (Å²) < 4.78 is 24.0. The SMILES string of the molecule is COc1ccc(OC)c(Nc2nc(NN)ncc2F)c1. The first-order valence-corrected chi connectivity index (χ1v) is 5.66. The number of hydrogen-bond acceptors (Lipinski definition) is 7. The molecule has 0 saturated heterocycles. The van der Waals surface area contributed by atoms with Crippen LogP contribution in [0, 0.1) is 5.82 Å². The van der Waals surface area contributed by atoms with Crippen molar-refractivity contribution in [3.05, 3.63) is 30.2 Å². The third kappa shape index (κ3) is 2.86. The molecule has 1 aromatic carbocycles. The van der Waals surface area contributed by atoms with Crippen LogP contribution in [0.1, 0.15) is 0 Å². The Kier molecular flexibility index (Phi) is 4.16. The van der Waals surface area contributed by atoms with E-state index < -0.39 is 5.82 Å². The van der Waals surface area contributed by atoms with E-state index in [4.69, 9.17) is 15.3 Å². The van der Waals surface area contributed by atoms with Gasteiger partial charge < -0.3 is 14.8 Å². The predicted molar refractivity (Wildman–Crippen MR) is 72.6 cm³/mol. The van der Waals surface area contributed by atoms with Crippen LogP contribution in [0.3, 0.4) is 0 Å². The van der Waals surface area contributed by atoms with Crippen molar-refractivity contribution in [1.82, 2.24) is 9.97 Å². The zero-order valence-electron chi connectivity index (χ0n) is 11.0. The first-order valence-electron chi connectivity index (χ1n) is 5.66. The summed E-state index contributed by atoms with van der Waals surface area (Å²) >= 11 is 0. The van der Waals surface area contributed by atoms with Crippen LogP contribution in [0.2, 0.25) is 0 Å². The van der Waals surface area contributed by atoms with Crippen LogP contribution >= 0.6 is 0 Å². The lowest BCUT2D eigenvalue weighted by Crippen LogP contribution is -2.12. The van der Waals surface area contributed by atoms with Gasteiger partial charge in [-0.15, -0.1) is 0 Å². The molecule has 1 heterocycles. The zero-order valence-corrected chi connectivity index (χ0v) is 11.0. The smallest absolute Gasteiger partial charge is 0.239 e. The highest BCUT2D eigenvalue weighted by molar-refractivity contribution is 5.66. The largest absolute Gasteiger partial charge is 0.497 e. The fourth-order valence-corrected chi connectivity index (χ4v) is 1.56. The summed E-state index contributed by atoms with van der Waals surface area (Å²) in [4.78, 5) is 7.54. The number of hydrogen-bond donors (Lipinski definition) is 3. The molecule has 0 aliphatic rings. The van der Waals surface area contributed by atoms with E-state index in [-0.39, 0.29) is 11.8 Å². The Morgan fingerprint density at radius 2 is 2.05 bits per heavy atom. The number of aromatic nitrogens is 2. The normalized spacial score (nSPS) is 10.0. The predicted octanol–water partition coefficient (Wildman–Crippen LogP) is 1.66. The number of methoxy groups -OCH3 is 2. The summed E-state index contributed by atoms with van der Waals surface area (Å²) in [5.74, 6) is 5.76. The van der Waals surface area contributed by atoms with Crippen molar-refractivity contribution in [1.29, 1.82) is 0 Å². The lowest BCUT2D eigenvalue weighted by atomic mass is 10.2. The first-order chi connectivity index (χ1) is 9.67. The van der Waals surface area contributed by atoms with E-state index >= 15 is 0 Å². The Hall–Kier alpha value is -2.61. The van der Waals surface area contributed by atoms with Crippen molar-refractivity contribution in [3.63, 3.8) is 0 Å². The Balaban J connectivity index is 2.38. The third-order valence-corrected chi connectivity index (χ3v) is 2.53. The van der Waals surface area contributed by atoms with Crippen molar-refractivity contribution in [2.24, 2.45) is 5.84 Å². The average molecular weight is 279 g/mol. The van der Waals surface area contributed by atoms with Gasteiger partial charge in [-0.2, -0.15) is 4.98 Å². The molecule has 8 heteroatoms. The van der Waals surface area contributed by atoms with Crippen molar-refractivity contribution in [2.45, 2.75) is 0 Å². The molecule has 0 amide bonds. The van der Waals surface area contributed by atoms with Crippen LogP contribution in [-0.2, 0) is 0 Å². The number of ether oxygens (including phenoxy) is 2. The van der Waals surface area contributed by atoms with Gasteiger partial charge in [0.15, 0.2) is 11.6 Å². The Morgan fingerprint density at radius 1 is 1.25 bits per heavy atom. The molecule has 0 unspecified atom stereocenters. The Labute approximate surface area is 114 Å². The molecule has 0 bridgehead atoms. The minimum Gasteiger partial charge on any atom is -0.497 e. The monoisotopic (exact) mass is 279 g/mol. The molecule has 7 nitrogen and oxygen atoms in total. The van der Waals surface area contributed by atoms with E-state index in [1.54, 1.807) is 18.2 Å². The van der Waals surface area contributed by atoms with E-state index in [0.29, 0.717) is 17.2 Å². The fraction of sp³-hybridized carbons (Fsp3) is 0.167. The van der Waals surface area contributed by atoms with Gasteiger partial charge in [-0.25, -0.2) is 15.2 Å². The summed E-state index contributed by atoms with van der Waals surface area (Å²) in [6.07, 6.45) is 1.01. The molecule has 0 aliphatic carbocycles. The number of benzene rings is 1. The quantitative estimate of drug-likeness (QED) is 0.566. The lowest BCUT2D eigenvalue weighted by molar-refractivity contribution is 0.404. The van der Waals surface area contributed by atoms with Crippen LogP contribution < -0.4 is 26.1 Å². The van der Waals surface area contributed by atoms with Gasteiger partial charge in [0.25, 0.3) is 0 Å². The van der Waals surface area contributed by atoms with Gasteiger partial charge in [-0.3, -0.25) is 5.43 Å². The highest BCUT2D eigenvalue weighted by Crippen LogP contribution is 2.31. The summed E-state index contributed by atoms with van der Waals surface area (Å²) in [6.45, 7) is 0. The summed E-state index contributed by atoms with van der Waals surface area (Å²) in [5.41, 5.74) is 2.75. The summed E-state index contributed by atoms with van der Waals surface area (Å²) in [6, 6.07) is 5.09. The third-order valence-electron chi connectivity index (χ3n) is 2.53. The van der Waals surface area contributed by atoms with Gasteiger partial charge in [0.1, 0.15) is 11.5 Å². The molecule has 0 saturated carbocycles. The van der Waals surface area contributed by atoms with Crippen molar-refractivity contribution >= 4 is 17.5 Å². The zero-order chi connectivity index (χ0) is 14.5. The van der Waals surface area contributed by atoms with Crippen LogP contribution in [0.5, 0.6) is 11.5 Å². The van der Waals surface area contributed by atoms with Crippen molar-refractivity contribution < 1.29 is 13.9 Å². The van der Waals surface area contributed by atoms with Crippen LogP contribution in [-0.4, -0.2) is 24.2 Å². The molecule has 2 aromatic rings. The van der Waals surface area contributed by atoms with Gasteiger partial charge >= 0.3 is 0 Å². The van der Waals surface area contributed by atoms with Crippen molar-refractivity contribution in [3.8, 4) is 11.5 Å². The first kappa shape index (κ1) is 13.8. The maximum absolute atomic E-state index is 13.7. The second-order valence-electron chi connectivity index (χ2n) is 3.73. The molecule has 0 atom stereocenters. The van der Waals surface area contributed by atoms with E-state index in [1.165, 1.54) is 14.2 Å². The molecule has 0 aliphatic heterocycles. The van der Waals surface area contributed by atoms with Gasteiger partial charge in [-0.1, -0.05) is 0 Å². The van der Waals surface area contributed by atoms with Crippen molar-refractivity contribution in [2.75, 3.05) is 25.0 Å². The molecular weight excluding hydrogens is 265 g/mol. The molecule has 106 valence electrons. The molecular formula is C12H14FN5O2. The van der Waals surface area contributed by atoms with E-state index in [0.717, 1.165) is 6.20 Å². The second kappa shape index (κ2) is 6.02. The van der Waals surface area contributed by atoms with Gasteiger partial charge in [0.05, 0.1) is 26.1 Å². The standard InChI is InChI=1S/C12H14FN5O2/c1-19-7-3-4-10(20-2)9(5-7)16-11-8(13)6-15-12(17-11)18-14/h3-6H,14H2,1-2H3,(H2,15,16,17,18). The molecule has 0 spiro atoms. The van der Waals surface area contributed by atoms with E-state index in [9.17, 15) is 4.39 Å². The summed E-state index contributed by atoms with van der Waals surface area (Å²) in [7, 11) is 3.05. The number of rotatable bonds is 5. The Morgan fingerprint density at radius 3 is 2.70 bits per heavy atom. The highest BCUT2D eigenvalue weighted by Gasteiger charge is 2.11. The molecule has 20 heavy (non-hydrogen) atoms. The summed E-state index contributed by atoms with van der Waals surface area (Å²) in [5, 5.41) is 2.81. The molecule has 1 aromatic heterocycles. The average Bonchev–Trinajstić information content (AvgIpc) is 2.49. The van der Waals surface area contributed by atoms with Gasteiger partial charge in [0, 0.05) is 6.07 Å². The molecule has 4 N–H and O–H groups in total. The van der Waals surface area contributed by atoms with E-state index in [1.807, 2.05) is 0 Å². The lowest BCUT2D eigenvalue weighted by Gasteiger charge is -2.12. The van der Waals surface area contributed by atoms with Crippen LogP contribution in [0.15, 0.2) is 24.4 Å². The molecule has 2 rings (SSSR count). The van der Waals surface area contributed by atoms with Crippen LogP contribution in [0.4, 0.5) is 21.8 Å². The number of nitrogen functional groups attached to an aromatic ring is 1.